The van der Waals surface area contributed by atoms with Crippen LogP contribution >= 0.6 is 0 Å². The van der Waals surface area contributed by atoms with Gasteiger partial charge in [0.2, 0.25) is 5.95 Å². The molecule has 158 valence electrons. The highest BCUT2D eigenvalue weighted by atomic mass is 28.3. The van der Waals surface area contributed by atoms with Crippen LogP contribution in [0.3, 0.4) is 0 Å². The molecule has 0 spiro atoms. The van der Waals surface area contributed by atoms with E-state index in [-0.39, 0.29) is 11.7 Å². The van der Waals surface area contributed by atoms with Crippen molar-refractivity contribution in [3.8, 4) is 11.5 Å². The highest BCUT2D eigenvalue weighted by Gasteiger charge is 2.26. The van der Waals surface area contributed by atoms with E-state index in [4.69, 9.17) is 0 Å². The van der Waals surface area contributed by atoms with Gasteiger partial charge in [-0.05, 0) is 12.5 Å². The van der Waals surface area contributed by atoms with Crippen molar-refractivity contribution in [2.24, 2.45) is 0 Å². The van der Waals surface area contributed by atoms with Crippen LogP contribution in [-0.2, 0) is 0 Å². The number of rotatable bonds is 4. The van der Waals surface area contributed by atoms with Crippen molar-refractivity contribution in [2.75, 3.05) is 23.3 Å². The summed E-state index contributed by atoms with van der Waals surface area (Å²) in [6.07, 6.45) is 5.94. The van der Waals surface area contributed by atoms with Gasteiger partial charge in [-0.2, -0.15) is 5.10 Å². The lowest BCUT2D eigenvalue weighted by molar-refractivity contribution is -0.384. The van der Waals surface area contributed by atoms with Crippen molar-refractivity contribution in [1.82, 2.24) is 20.2 Å². The van der Waals surface area contributed by atoms with Gasteiger partial charge in [-0.3, -0.25) is 10.1 Å². The lowest BCUT2D eigenvalue weighted by Gasteiger charge is -2.19. The number of nitro groups is 1. The van der Waals surface area contributed by atoms with Crippen LogP contribution in [0.15, 0.2) is 36.8 Å². The van der Waals surface area contributed by atoms with E-state index in [1.165, 1.54) is 12.1 Å². The fraction of sp³-hybridized carbons (Fsp3) is 0.333. The number of benzene rings is 1. The molecule has 0 radical (unpaired) electrons. The maximum atomic E-state index is 11.0. The summed E-state index contributed by atoms with van der Waals surface area (Å²) in [6.45, 7) is 8.10. The van der Waals surface area contributed by atoms with Crippen LogP contribution in [0, 0.1) is 21.6 Å². The molecular formula is C21H23N7O2Si. The second kappa shape index (κ2) is 8.27. The first kappa shape index (κ1) is 20.7. The number of hydrogen-bond donors (Lipinski definition) is 1. The molecule has 3 aromatic rings. The number of nitro benzene ring substituents is 1. The minimum Gasteiger partial charge on any atom is -0.352 e. The van der Waals surface area contributed by atoms with Crippen molar-refractivity contribution >= 4 is 36.3 Å². The second-order valence-electron chi connectivity index (χ2n) is 8.57. The van der Waals surface area contributed by atoms with Crippen LogP contribution in [0.1, 0.15) is 12.0 Å². The molecule has 0 bridgehead atoms. The molecular weight excluding hydrogens is 410 g/mol. The van der Waals surface area contributed by atoms with E-state index in [1.54, 1.807) is 24.7 Å². The number of anilines is 2. The summed E-state index contributed by atoms with van der Waals surface area (Å²) in [5.41, 5.74) is 4.18. The number of non-ortho nitro benzene ring substituents is 1. The molecule has 2 aromatic heterocycles. The van der Waals surface area contributed by atoms with Gasteiger partial charge in [-0.25, -0.2) is 9.97 Å². The zero-order chi connectivity index (χ0) is 22.0. The smallest absolute Gasteiger partial charge is 0.270 e. The van der Waals surface area contributed by atoms with Gasteiger partial charge in [0.25, 0.3) is 5.69 Å². The molecule has 1 aliphatic heterocycles. The predicted molar refractivity (Wildman–Crippen MR) is 123 cm³/mol. The number of nitrogens with zero attached hydrogens (tertiary/aromatic N) is 6. The van der Waals surface area contributed by atoms with Gasteiger partial charge in [0.15, 0.2) is 5.82 Å². The first-order valence-corrected chi connectivity index (χ1v) is 13.5. The lowest BCUT2D eigenvalue weighted by Crippen LogP contribution is -2.27. The Bertz CT molecular complexity index is 1180. The molecule has 1 N–H and O–H groups in total. The molecule has 1 aromatic carbocycles. The van der Waals surface area contributed by atoms with Gasteiger partial charge in [0, 0.05) is 54.4 Å². The SMILES string of the molecule is C[Si](C)(C)C#Cc1cnc(NC2CCN(c3nncc4cc([N+](=O)[O-])ccc34)C2)nc1. The third-order valence-electron chi connectivity index (χ3n) is 4.89. The molecule has 1 atom stereocenters. The Balaban J connectivity index is 1.45. The van der Waals surface area contributed by atoms with E-state index in [2.05, 4.69) is 61.5 Å². The van der Waals surface area contributed by atoms with Gasteiger partial charge in [-0.1, -0.05) is 25.6 Å². The van der Waals surface area contributed by atoms with E-state index in [9.17, 15) is 10.1 Å². The summed E-state index contributed by atoms with van der Waals surface area (Å²) in [7, 11) is -1.43. The molecule has 0 aliphatic carbocycles. The Kier molecular flexibility index (Phi) is 5.52. The average Bonchev–Trinajstić information content (AvgIpc) is 3.20. The van der Waals surface area contributed by atoms with Crippen molar-refractivity contribution in [2.45, 2.75) is 32.1 Å². The van der Waals surface area contributed by atoms with E-state index < -0.39 is 13.0 Å². The maximum Gasteiger partial charge on any atom is 0.270 e. The molecule has 0 saturated carbocycles. The Morgan fingerprint density at radius 3 is 2.71 bits per heavy atom. The predicted octanol–water partition coefficient (Wildman–Crippen LogP) is 3.25. The monoisotopic (exact) mass is 433 g/mol. The minimum atomic E-state index is -1.43. The maximum absolute atomic E-state index is 11.0. The Hall–Kier alpha value is -3.58. The summed E-state index contributed by atoms with van der Waals surface area (Å²) < 4.78 is 0. The zero-order valence-corrected chi connectivity index (χ0v) is 18.7. The lowest BCUT2D eigenvalue weighted by atomic mass is 10.1. The number of nitrogens with one attached hydrogen (secondary N) is 1. The molecule has 3 heterocycles. The Morgan fingerprint density at radius 2 is 2.00 bits per heavy atom. The third-order valence-corrected chi connectivity index (χ3v) is 5.77. The molecule has 0 amide bonds. The summed E-state index contributed by atoms with van der Waals surface area (Å²) in [6, 6.07) is 4.93. The highest BCUT2D eigenvalue weighted by Crippen LogP contribution is 2.29. The Labute approximate surface area is 181 Å². The molecule has 1 saturated heterocycles. The van der Waals surface area contributed by atoms with Crippen LogP contribution < -0.4 is 10.2 Å². The molecule has 1 aliphatic rings. The van der Waals surface area contributed by atoms with E-state index in [0.717, 1.165) is 29.7 Å². The van der Waals surface area contributed by atoms with Gasteiger partial charge >= 0.3 is 0 Å². The van der Waals surface area contributed by atoms with Gasteiger partial charge < -0.3 is 10.2 Å². The average molecular weight is 434 g/mol. The quantitative estimate of drug-likeness (QED) is 0.289. The fourth-order valence-corrected chi connectivity index (χ4v) is 3.91. The first-order valence-electron chi connectivity index (χ1n) is 10.0. The first-order chi connectivity index (χ1) is 14.8. The summed E-state index contributed by atoms with van der Waals surface area (Å²) in [5.74, 6) is 4.46. The van der Waals surface area contributed by atoms with Crippen LogP contribution in [0.5, 0.6) is 0 Å². The van der Waals surface area contributed by atoms with Crippen LogP contribution in [-0.4, -0.2) is 52.3 Å². The topological polar surface area (TPSA) is 110 Å². The summed E-state index contributed by atoms with van der Waals surface area (Å²) >= 11 is 0. The van der Waals surface area contributed by atoms with Crippen LogP contribution in [0.2, 0.25) is 19.6 Å². The molecule has 1 unspecified atom stereocenters. The van der Waals surface area contributed by atoms with Gasteiger partial charge in [0.05, 0.1) is 16.7 Å². The Morgan fingerprint density at radius 1 is 1.23 bits per heavy atom. The van der Waals surface area contributed by atoms with Crippen molar-refractivity contribution in [3.05, 3.63) is 52.5 Å². The largest absolute Gasteiger partial charge is 0.352 e. The van der Waals surface area contributed by atoms with E-state index in [0.29, 0.717) is 17.9 Å². The highest BCUT2D eigenvalue weighted by molar-refractivity contribution is 6.83. The number of hydrogen-bond acceptors (Lipinski definition) is 8. The fourth-order valence-electron chi connectivity index (χ4n) is 3.39. The van der Waals surface area contributed by atoms with Crippen molar-refractivity contribution < 1.29 is 4.92 Å². The molecule has 4 rings (SSSR count). The molecule has 9 nitrogen and oxygen atoms in total. The minimum absolute atomic E-state index is 0.0440. The summed E-state index contributed by atoms with van der Waals surface area (Å²) in [4.78, 5) is 21.6. The van der Waals surface area contributed by atoms with Crippen molar-refractivity contribution in [3.63, 3.8) is 0 Å². The normalized spacial score (nSPS) is 16.1. The van der Waals surface area contributed by atoms with Crippen LogP contribution in [0.25, 0.3) is 10.8 Å². The van der Waals surface area contributed by atoms with Gasteiger partial charge in [0.1, 0.15) is 8.07 Å². The molecule has 1 fully saturated rings. The van der Waals surface area contributed by atoms with E-state index in [1.807, 2.05) is 0 Å². The molecule has 10 heteroatoms. The standard InChI is InChI=1S/C21H23N7O2Si/c1-31(2,3)9-7-15-11-22-21(23-12-15)25-17-6-8-27(14-17)20-19-5-4-18(28(29)30)10-16(19)13-24-26-20/h4-5,10-13,17H,6,8,14H2,1-3H3,(H,22,23,25). The van der Waals surface area contributed by atoms with Gasteiger partial charge in [-0.15, -0.1) is 10.6 Å². The number of aromatic nitrogens is 4. The summed E-state index contributed by atoms with van der Waals surface area (Å²) in [5, 5.41) is 24.3. The van der Waals surface area contributed by atoms with E-state index >= 15 is 0 Å². The molecule has 31 heavy (non-hydrogen) atoms. The van der Waals surface area contributed by atoms with Crippen molar-refractivity contribution in [1.29, 1.82) is 0 Å². The third kappa shape index (κ3) is 4.95. The zero-order valence-electron chi connectivity index (χ0n) is 17.7. The number of fused-ring (bicyclic) bond motifs is 1. The van der Waals surface area contributed by atoms with Crippen LogP contribution in [0.4, 0.5) is 17.5 Å². The second-order valence-corrected chi connectivity index (χ2v) is 13.3.